The Morgan fingerprint density at radius 1 is 1.00 bits per heavy atom. The van der Waals surface area contributed by atoms with Crippen molar-refractivity contribution in [1.82, 2.24) is 4.90 Å². The van der Waals surface area contributed by atoms with E-state index in [-0.39, 0.29) is 0 Å². The van der Waals surface area contributed by atoms with Gasteiger partial charge in [0.2, 0.25) is 0 Å². The van der Waals surface area contributed by atoms with E-state index >= 15 is 0 Å². The molecule has 1 rings (SSSR count). The van der Waals surface area contributed by atoms with Gasteiger partial charge in [-0.15, -0.1) is 0 Å². The topological polar surface area (TPSA) is 3.24 Å². The van der Waals surface area contributed by atoms with Crippen LogP contribution < -0.4 is 0 Å². The predicted molar refractivity (Wildman–Crippen MR) is 62.5 cm³/mol. The number of likely N-dealkylation sites (tertiary alicyclic amines) is 1. The standard InChI is InChI=1S/C11H23NS/c1-2-10-13-11-9-12-7-5-3-4-6-8-12/h2-11H2,1H3. The van der Waals surface area contributed by atoms with Gasteiger partial charge in [-0.05, 0) is 38.1 Å². The zero-order valence-corrected chi connectivity index (χ0v) is 9.74. The Kier molecular flexibility index (Phi) is 6.73. The van der Waals surface area contributed by atoms with E-state index < -0.39 is 0 Å². The van der Waals surface area contributed by atoms with E-state index in [0.717, 1.165) is 0 Å². The molecule has 0 aromatic rings. The molecule has 13 heavy (non-hydrogen) atoms. The number of hydrogen-bond donors (Lipinski definition) is 0. The molecule has 78 valence electrons. The number of nitrogens with zero attached hydrogens (tertiary/aromatic N) is 1. The minimum absolute atomic E-state index is 1.32. The molecule has 0 aromatic heterocycles. The lowest BCUT2D eigenvalue weighted by Gasteiger charge is -2.18. The molecule has 0 bridgehead atoms. The van der Waals surface area contributed by atoms with E-state index in [1.54, 1.807) is 0 Å². The van der Waals surface area contributed by atoms with Crippen molar-refractivity contribution in [3.8, 4) is 0 Å². The van der Waals surface area contributed by atoms with Crippen LogP contribution >= 0.6 is 11.8 Å². The fourth-order valence-corrected chi connectivity index (χ4v) is 2.68. The molecular formula is C11H23NS. The summed E-state index contributed by atoms with van der Waals surface area (Å²) in [7, 11) is 0. The summed E-state index contributed by atoms with van der Waals surface area (Å²) in [5, 5.41) is 0. The molecule has 0 aliphatic carbocycles. The summed E-state index contributed by atoms with van der Waals surface area (Å²) >= 11 is 2.11. The SMILES string of the molecule is CCCSCCN1CCCCCC1. The second kappa shape index (κ2) is 7.69. The molecule has 0 spiro atoms. The molecule has 0 amide bonds. The van der Waals surface area contributed by atoms with E-state index in [1.807, 2.05) is 0 Å². The minimum Gasteiger partial charge on any atom is -0.303 e. The predicted octanol–water partition coefficient (Wildman–Crippen LogP) is 3.01. The monoisotopic (exact) mass is 201 g/mol. The van der Waals surface area contributed by atoms with Gasteiger partial charge in [-0.1, -0.05) is 19.8 Å². The number of hydrogen-bond acceptors (Lipinski definition) is 2. The highest BCUT2D eigenvalue weighted by Gasteiger charge is 2.07. The fourth-order valence-electron chi connectivity index (χ4n) is 1.80. The minimum atomic E-state index is 1.32. The van der Waals surface area contributed by atoms with Crippen LogP contribution in [-0.4, -0.2) is 36.0 Å². The van der Waals surface area contributed by atoms with Crippen LogP contribution in [0.25, 0.3) is 0 Å². The van der Waals surface area contributed by atoms with Crippen LogP contribution in [0.1, 0.15) is 39.0 Å². The molecule has 1 aliphatic heterocycles. The van der Waals surface area contributed by atoms with Gasteiger partial charge in [0.1, 0.15) is 0 Å². The normalized spacial score (nSPS) is 20.1. The van der Waals surface area contributed by atoms with Crippen molar-refractivity contribution in [3.05, 3.63) is 0 Å². The second-order valence-corrected chi connectivity index (χ2v) is 5.09. The Morgan fingerprint density at radius 3 is 2.31 bits per heavy atom. The second-order valence-electron chi connectivity index (χ2n) is 3.87. The molecule has 1 aliphatic rings. The molecule has 1 nitrogen and oxygen atoms in total. The molecular weight excluding hydrogens is 178 g/mol. The summed E-state index contributed by atoms with van der Waals surface area (Å²) < 4.78 is 0. The van der Waals surface area contributed by atoms with Crippen molar-refractivity contribution >= 4 is 11.8 Å². The lowest BCUT2D eigenvalue weighted by atomic mass is 10.2. The van der Waals surface area contributed by atoms with Crippen molar-refractivity contribution in [2.75, 3.05) is 31.1 Å². The maximum absolute atomic E-state index is 2.65. The van der Waals surface area contributed by atoms with Crippen LogP contribution in [0.2, 0.25) is 0 Å². The van der Waals surface area contributed by atoms with E-state index in [0.29, 0.717) is 0 Å². The first kappa shape index (κ1) is 11.4. The van der Waals surface area contributed by atoms with E-state index in [9.17, 15) is 0 Å². The molecule has 2 heteroatoms. The summed E-state index contributed by atoms with van der Waals surface area (Å²) in [6.45, 7) is 6.29. The summed E-state index contributed by atoms with van der Waals surface area (Å²) in [5.74, 6) is 2.68. The van der Waals surface area contributed by atoms with Crippen molar-refractivity contribution in [2.24, 2.45) is 0 Å². The Balaban J connectivity index is 1.98. The van der Waals surface area contributed by atoms with Gasteiger partial charge >= 0.3 is 0 Å². The van der Waals surface area contributed by atoms with Crippen LogP contribution in [0, 0.1) is 0 Å². The third-order valence-corrected chi connectivity index (χ3v) is 3.77. The summed E-state index contributed by atoms with van der Waals surface area (Å²) in [6, 6.07) is 0. The van der Waals surface area contributed by atoms with Crippen LogP contribution in [0.5, 0.6) is 0 Å². The summed E-state index contributed by atoms with van der Waals surface area (Å²) in [4.78, 5) is 2.65. The Bertz CT molecular complexity index is 109. The molecule has 0 N–H and O–H groups in total. The lowest BCUT2D eigenvalue weighted by Crippen LogP contribution is -2.27. The smallest absolute Gasteiger partial charge is 0.00723 e. The van der Waals surface area contributed by atoms with Crippen LogP contribution in [-0.2, 0) is 0 Å². The highest BCUT2D eigenvalue weighted by Crippen LogP contribution is 2.10. The number of rotatable bonds is 5. The Hall–Kier alpha value is 0.310. The molecule has 1 heterocycles. The zero-order valence-electron chi connectivity index (χ0n) is 8.93. The van der Waals surface area contributed by atoms with E-state index in [2.05, 4.69) is 23.6 Å². The van der Waals surface area contributed by atoms with E-state index in [4.69, 9.17) is 0 Å². The van der Waals surface area contributed by atoms with Gasteiger partial charge in [0.05, 0.1) is 0 Å². The van der Waals surface area contributed by atoms with Crippen molar-refractivity contribution in [2.45, 2.75) is 39.0 Å². The van der Waals surface area contributed by atoms with Crippen molar-refractivity contribution < 1.29 is 0 Å². The molecule has 1 fully saturated rings. The summed E-state index contributed by atoms with van der Waals surface area (Å²) in [6.07, 6.45) is 7.10. The first-order valence-electron chi connectivity index (χ1n) is 5.73. The molecule has 0 saturated carbocycles. The molecule has 0 atom stereocenters. The highest BCUT2D eigenvalue weighted by molar-refractivity contribution is 7.99. The van der Waals surface area contributed by atoms with Crippen molar-refractivity contribution in [3.63, 3.8) is 0 Å². The van der Waals surface area contributed by atoms with Gasteiger partial charge in [-0.2, -0.15) is 11.8 Å². The van der Waals surface area contributed by atoms with E-state index in [1.165, 1.54) is 63.2 Å². The lowest BCUT2D eigenvalue weighted by molar-refractivity contribution is 0.303. The van der Waals surface area contributed by atoms with Crippen LogP contribution in [0.4, 0.5) is 0 Å². The zero-order chi connectivity index (χ0) is 9.36. The average molecular weight is 201 g/mol. The molecule has 0 aromatic carbocycles. The quantitative estimate of drug-likeness (QED) is 0.629. The average Bonchev–Trinajstić information content (AvgIpc) is 2.41. The largest absolute Gasteiger partial charge is 0.303 e. The molecule has 1 saturated heterocycles. The molecule has 0 unspecified atom stereocenters. The van der Waals surface area contributed by atoms with Gasteiger partial charge in [0.15, 0.2) is 0 Å². The maximum Gasteiger partial charge on any atom is 0.00723 e. The van der Waals surface area contributed by atoms with Gasteiger partial charge < -0.3 is 4.90 Å². The van der Waals surface area contributed by atoms with Gasteiger partial charge in [0, 0.05) is 12.3 Å². The Morgan fingerprint density at radius 2 is 1.69 bits per heavy atom. The van der Waals surface area contributed by atoms with Crippen molar-refractivity contribution in [1.29, 1.82) is 0 Å². The fraction of sp³-hybridized carbons (Fsp3) is 1.00. The van der Waals surface area contributed by atoms with Gasteiger partial charge in [-0.25, -0.2) is 0 Å². The van der Waals surface area contributed by atoms with Gasteiger partial charge in [-0.3, -0.25) is 0 Å². The maximum atomic E-state index is 2.65. The highest BCUT2D eigenvalue weighted by atomic mass is 32.2. The third-order valence-electron chi connectivity index (χ3n) is 2.60. The number of thioether (sulfide) groups is 1. The van der Waals surface area contributed by atoms with Crippen LogP contribution in [0.3, 0.4) is 0 Å². The van der Waals surface area contributed by atoms with Crippen LogP contribution in [0.15, 0.2) is 0 Å². The Labute approximate surface area is 87.3 Å². The summed E-state index contributed by atoms with van der Waals surface area (Å²) in [5.41, 5.74) is 0. The first-order chi connectivity index (χ1) is 6.43. The third kappa shape index (κ3) is 5.58. The first-order valence-corrected chi connectivity index (χ1v) is 6.89. The molecule has 0 radical (unpaired) electrons. The van der Waals surface area contributed by atoms with Gasteiger partial charge in [0.25, 0.3) is 0 Å².